The van der Waals surface area contributed by atoms with E-state index in [1.807, 2.05) is 55.5 Å². The van der Waals surface area contributed by atoms with Crippen LogP contribution in [0.2, 0.25) is 0 Å². The molecule has 6 nitrogen and oxygen atoms in total. The fourth-order valence-corrected chi connectivity index (χ4v) is 6.21. The summed E-state index contributed by atoms with van der Waals surface area (Å²) in [6.07, 6.45) is 1.50. The molecule has 0 N–H and O–H groups in total. The van der Waals surface area contributed by atoms with Crippen molar-refractivity contribution >= 4 is 15.7 Å². The molecule has 7 heteroatoms. The first-order chi connectivity index (χ1) is 16.4. The number of sulfonamides is 1. The van der Waals surface area contributed by atoms with Crippen LogP contribution in [0.15, 0.2) is 77.7 Å². The minimum absolute atomic E-state index is 0.109. The summed E-state index contributed by atoms with van der Waals surface area (Å²) in [5.74, 6) is 1.56. The number of benzene rings is 3. The van der Waals surface area contributed by atoms with Crippen LogP contribution in [0.3, 0.4) is 0 Å². The maximum Gasteiger partial charge on any atom is 0.264 e. The van der Waals surface area contributed by atoms with Crippen molar-refractivity contribution in [2.24, 2.45) is 0 Å². The van der Waals surface area contributed by atoms with Gasteiger partial charge in [-0.2, -0.15) is 0 Å². The molecular formula is C27H32N2O4S. The van der Waals surface area contributed by atoms with Crippen molar-refractivity contribution in [1.82, 2.24) is 4.90 Å². The Bertz CT molecular complexity index is 1190. The van der Waals surface area contributed by atoms with Crippen molar-refractivity contribution in [1.29, 1.82) is 0 Å². The third kappa shape index (κ3) is 5.21. The van der Waals surface area contributed by atoms with Gasteiger partial charge in [0.1, 0.15) is 11.5 Å². The Hall–Kier alpha value is -3.03. The first-order valence-electron chi connectivity index (χ1n) is 11.5. The zero-order chi connectivity index (χ0) is 24.1. The highest BCUT2D eigenvalue weighted by atomic mass is 32.2. The predicted molar refractivity (Wildman–Crippen MR) is 135 cm³/mol. The number of hydrogen-bond acceptors (Lipinski definition) is 5. The van der Waals surface area contributed by atoms with E-state index in [1.165, 1.54) is 0 Å². The minimum atomic E-state index is -3.68. The van der Waals surface area contributed by atoms with Crippen LogP contribution in [0.25, 0.3) is 0 Å². The second-order valence-electron chi connectivity index (χ2n) is 8.63. The van der Waals surface area contributed by atoms with Crippen LogP contribution in [0.4, 0.5) is 5.69 Å². The smallest absolute Gasteiger partial charge is 0.264 e. The number of rotatable bonds is 8. The number of hydrogen-bond donors (Lipinski definition) is 0. The molecule has 0 amide bonds. The number of ether oxygens (including phenoxy) is 2. The Morgan fingerprint density at radius 2 is 1.59 bits per heavy atom. The van der Waals surface area contributed by atoms with Crippen molar-refractivity contribution in [3.05, 3.63) is 83.9 Å². The molecule has 0 spiro atoms. The quantitative estimate of drug-likeness (QED) is 0.460. The van der Waals surface area contributed by atoms with Crippen molar-refractivity contribution in [3.63, 3.8) is 0 Å². The summed E-state index contributed by atoms with van der Waals surface area (Å²) in [6.45, 7) is 4.35. The molecular weight excluding hydrogens is 448 g/mol. The van der Waals surface area contributed by atoms with Crippen molar-refractivity contribution < 1.29 is 17.9 Å². The number of methoxy groups -OCH3 is 2. The SMILES string of the molecule is COc1ccc(CN2CCC(N(c3ccc(C)cc3)S(=O)(=O)c3ccccc3)CC2)c(OC)c1. The average molecular weight is 481 g/mol. The number of nitrogens with zero attached hydrogens (tertiary/aromatic N) is 2. The van der Waals surface area contributed by atoms with Crippen LogP contribution < -0.4 is 13.8 Å². The monoisotopic (exact) mass is 480 g/mol. The van der Waals surface area contributed by atoms with Crippen LogP contribution in [0.5, 0.6) is 11.5 Å². The van der Waals surface area contributed by atoms with E-state index in [2.05, 4.69) is 4.90 Å². The second-order valence-corrected chi connectivity index (χ2v) is 10.4. The second kappa shape index (κ2) is 10.5. The van der Waals surface area contributed by atoms with Crippen molar-refractivity contribution in [3.8, 4) is 11.5 Å². The maximum atomic E-state index is 13.7. The fourth-order valence-electron chi connectivity index (χ4n) is 4.48. The molecule has 180 valence electrons. The van der Waals surface area contributed by atoms with Gasteiger partial charge in [-0.15, -0.1) is 0 Å². The number of aryl methyl sites for hydroxylation is 1. The van der Waals surface area contributed by atoms with E-state index in [9.17, 15) is 8.42 Å². The normalized spacial score (nSPS) is 15.1. The maximum absolute atomic E-state index is 13.7. The van der Waals surface area contributed by atoms with Crippen LogP contribution in [-0.4, -0.2) is 46.7 Å². The topological polar surface area (TPSA) is 59.1 Å². The lowest BCUT2D eigenvalue weighted by molar-refractivity contribution is 0.204. The summed E-state index contributed by atoms with van der Waals surface area (Å²) in [5, 5.41) is 0. The van der Waals surface area contributed by atoms with E-state index in [-0.39, 0.29) is 6.04 Å². The van der Waals surface area contributed by atoms with Gasteiger partial charge in [0, 0.05) is 37.3 Å². The van der Waals surface area contributed by atoms with Crippen molar-refractivity contribution in [2.45, 2.75) is 37.2 Å². The molecule has 1 fully saturated rings. The summed E-state index contributed by atoms with van der Waals surface area (Å²) >= 11 is 0. The predicted octanol–water partition coefficient (Wildman–Crippen LogP) is 4.87. The van der Waals surface area contributed by atoms with Gasteiger partial charge in [-0.25, -0.2) is 8.42 Å². The molecule has 3 aromatic rings. The first-order valence-corrected chi connectivity index (χ1v) is 13.0. The molecule has 0 unspecified atom stereocenters. The van der Waals surface area contributed by atoms with E-state index in [0.717, 1.165) is 55.1 Å². The lowest BCUT2D eigenvalue weighted by Crippen LogP contribution is -2.47. The van der Waals surface area contributed by atoms with Gasteiger partial charge in [0.2, 0.25) is 0 Å². The highest BCUT2D eigenvalue weighted by Crippen LogP contribution is 2.32. The molecule has 1 aliphatic heterocycles. The summed E-state index contributed by atoms with van der Waals surface area (Å²) < 4.78 is 39.9. The van der Waals surface area contributed by atoms with Gasteiger partial charge in [0.05, 0.1) is 24.8 Å². The van der Waals surface area contributed by atoms with Crippen LogP contribution in [0, 0.1) is 6.92 Å². The van der Waals surface area contributed by atoms with Gasteiger partial charge in [-0.1, -0.05) is 42.0 Å². The Morgan fingerprint density at radius 3 is 2.21 bits per heavy atom. The summed E-state index contributed by atoms with van der Waals surface area (Å²) in [6, 6.07) is 22.2. The fraction of sp³-hybridized carbons (Fsp3) is 0.333. The van der Waals surface area contributed by atoms with Gasteiger partial charge in [-0.3, -0.25) is 9.21 Å². The Kier molecular flexibility index (Phi) is 7.44. The Morgan fingerprint density at radius 1 is 0.912 bits per heavy atom. The third-order valence-electron chi connectivity index (χ3n) is 6.37. The molecule has 34 heavy (non-hydrogen) atoms. The largest absolute Gasteiger partial charge is 0.497 e. The molecule has 3 aromatic carbocycles. The molecule has 1 heterocycles. The van der Waals surface area contributed by atoms with Crippen LogP contribution in [0.1, 0.15) is 24.0 Å². The van der Waals surface area contributed by atoms with Gasteiger partial charge < -0.3 is 9.47 Å². The van der Waals surface area contributed by atoms with E-state index in [4.69, 9.17) is 9.47 Å². The molecule has 1 aliphatic rings. The third-order valence-corrected chi connectivity index (χ3v) is 8.26. The standard InChI is InChI=1S/C27H32N2O4S/c1-21-9-12-23(13-10-21)29(34(30,31)26-7-5-4-6-8-26)24-15-17-28(18-16-24)20-22-11-14-25(32-2)19-27(22)33-3/h4-14,19,24H,15-18,20H2,1-3H3. The molecule has 0 aromatic heterocycles. The average Bonchev–Trinajstić information content (AvgIpc) is 2.87. The Balaban J connectivity index is 1.54. The van der Waals surface area contributed by atoms with E-state index >= 15 is 0 Å². The minimum Gasteiger partial charge on any atom is -0.497 e. The van der Waals surface area contributed by atoms with Crippen LogP contribution in [-0.2, 0) is 16.6 Å². The van der Waals surface area contributed by atoms with E-state index in [1.54, 1.807) is 42.8 Å². The van der Waals surface area contributed by atoms with Gasteiger partial charge >= 0.3 is 0 Å². The molecule has 4 rings (SSSR count). The zero-order valence-electron chi connectivity index (χ0n) is 20.0. The van der Waals surface area contributed by atoms with Crippen molar-refractivity contribution in [2.75, 3.05) is 31.6 Å². The molecule has 0 radical (unpaired) electrons. The molecule has 0 bridgehead atoms. The highest BCUT2D eigenvalue weighted by Gasteiger charge is 2.34. The summed E-state index contributed by atoms with van der Waals surface area (Å²) in [4.78, 5) is 2.67. The van der Waals surface area contributed by atoms with Gasteiger partial charge in [0.25, 0.3) is 10.0 Å². The molecule has 0 aliphatic carbocycles. The lowest BCUT2D eigenvalue weighted by Gasteiger charge is -2.39. The highest BCUT2D eigenvalue weighted by molar-refractivity contribution is 7.92. The zero-order valence-corrected chi connectivity index (χ0v) is 20.8. The number of anilines is 1. The van der Waals surface area contributed by atoms with Gasteiger partial charge in [0.15, 0.2) is 0 Å². The summed E-state index contributed by atoms with van der Waals surface area (Å²) in [7, 11) is -0.374. The van der Waals surface area contributed by atoms with Crippen LogP contribution >= 0.6 is 0 Å². The molecule has 0 atom stereocenters. The summed E-state index contributed by atoms with van der Waals surface area (Å²) in [5.41, 5.74) is 2.91. The van der Waals surface area contributed by atoms with E-state index < -0.39 is 10.0 Å². The molecule has 0 saturated carbocycles. The number of piperidine rings is 1. The van der Waals surface area contributed by atoms with E-state index in [0.29, 0.717) is 10.6 Å². The molecule has 1 saturated heterocycles. The number of likely N-dealkylation sites (tertiary alicyclic amines) is 1. The lowest BCUT2D eigenvalue weighted by atomic mass is 10.0. The van der Waals surface area contributed by atoms with Gasteiger partial charge in [-0.05, 0) is 50.1 Å². The first kappa shape index (κ1) is 24.1. The Labute approximate surface area is 202 Å².